The van der Waals surface area contributed by atoms with Gasteiger partial charge >= 0.3 is 0 Å². The number of nitrogens with zero attached hydrogens (tertiary/aromatic N) is 4. The third-order valence-electron chi connectivity index (χ3n) is 3.31. The molecule has 0 unspecified atom stereocenters. The van der Waals surface area contributed by atoms with Crippen LogP contribution in [0.2, 0.25) is 5.02 Å². The Kier molecular flexibility index (Phi) is 3.28. The Morgan fingerprint density at radius 3 is 2.85 bits per heavy atom. The van der Waals surface area contributed by atoms with Gasteiger partial charge < -0.3 is 5.32 Å². The fourth-order valence-corrected chi connectivity index (χ4v) is 2.26. The lowest BCUT2D eigenvalue weighted by molar-refractivity contribution is 0.903. The van der Waals surface area contributed by atoms with Crippen LogP contribution >= 0.6 is 11.6 Å². The molecule has 0 radical (unpaired) electrons. The fourth-order valence-electron chi connectivity index (χ4n) is 2.06. The molecule has 3 aromatic rings. The largest absolute Gasteiger partial charge is 0.365 e. The molecule has 0 atom stereocenters. The van der Waals surface area contributed by atoms with Gasteiger partial charge in [0.25, 0.3) is 5.78 Å². The Hall–Kier alpha value is -2.14. The zero-order valence-electron chi connectivity index (χ0n) is 11.3. The SMILES string of the molecule is Cc1nc2ncnn2c(NCc2ccccc2Cl)c1C. The predicted molar refractivity (Wildman–Crippen MR) is 79.0 cm³/mol. The maximum atomic E-state index is 6.17. The molecule has 1 N–H and O–H groups in total. The summed E-state index contributed by atoms with van der Waals surface area (Å²) in [4.78, 5) is 8.52. The third kappa shape index (κ3) is 2.20. The molecule has 0 saturated heterocycles. The molecule has 0 saturated carbocycles. The summed E-state index contributed by atoms with van der Waals surface area (Å²) in [6.45, 7) is 4.60. The first-order chi connectivity index (χ1) is 9.66. The van der Waals surface area contributed by atoms with Crippen LogP contribution in [0.4, 0.5) is 5.82 Å². The molecule has 0 aliphatic carbocycles. The third-order valence-corrected chi connectivity index (χ3v) is 3.68. The molecule has 3 rings (SSSR count). The summed E-state index contributed by atoms with van der Waals surface area (Å²) in [6.07, 6.45) is 1.50. The van der Waals surface area contributed by atoms with E-state index in [1.165, 1.54) is 6.33 Å². The maximum Gasteiger partial charge on any atom is 0.254 e. The molecule has 2 heterocycles. The molecule has 0 aliphatic rings. The minimum Gasteiger partial charge on any atom is -0.365 e. The topological polar surface area (TPSA) is 55.1 Å². The minimum absolute atomic E-state index is 0.592. The number of hydrogen-bond donors (Lipinski definition) is 1. The number of nitrogens with one attached hydrogen (secondary N) is 1. The average molecular weight is 288 g/mol. The van der Waals surface area contributed by atoms with Crippen molar-refractivity contribution >= 4 is 23.2 Å². The summed E-state index contributed by atoms with van der Waals surface area (Å²) in [7, 11) is 0. The summed E-state index contributed by atoms with van der Waals surface area (Å²) in [5.74, 6) is 1.49. The van der Waals surface area contributed by atoms with Crippen molar-refractivity contribution < 1.29 is 0 Å². The summed E-state index contributed by atoms with van der Waals surface area (Å²) < 4.78 is 1.71. The molecule has 0 amide bonds. The number of halogens is 1. The highest BCUT2D eigenvalue weighted by Gasteiger charge is 2.11. The summed E-state index contributed by atoms with van der Waals surface area (Å²) in [6, 6.07) is 7.77. The zero-order valence-corrected chi connectivity index (χ0v) is 12.0. The Labute approximate surface area is 121 Å². The van der Waals surface area contributed by atoms with Crippen LogP contribution in [0.25, 0.3) is 5.78 Å². The first kappa shape index (κ1) is 12.9. The molecule has 0 bridgehead atoms. The fraction of sp³-hybridized carbons (Fsp3) is 0.214. The van der Waals surface area contributed by atoms with Crippen molar-refractivity contribution in [1.82, 2.24) is 19.6 Å². The molecule has 1 aromatic carbocycles. The standard InChI is InChI=1S/C14H14ClN5/c1-9-10(2)19-14-17-8-18-20(14)13(9)16-7-11-5-3-4-6-12(11)15/h3-6,8,16H,7H2,1-2H3. The molecule has 0 spiro atoms. The number of anilines is 1. The van der Waals surface area contributed by atoms with E-state index >= 15 is 0 Å². The Balaban J connectivity index is 1.97. The Morgan fingerprint density at radius 2 is 2.05 bits per heavy atom. The highest BCUT2D eigenvalue weighted by Crippen LogP contribution is 2.20. The van der Waals surface area contributed by atoms with Crippen molar-refractivity contribution in [2.24, 2.45) is 0 Å². The molecular weight excluding hydrogens is 274 g/mol. The molecule has 0 aliphatic heterocycles. The second-order valence-electron chi connectivity index (χ2n) is 4.59. The van der Waals surface area contributed by atoms with E-state index in [1.54, 1.807) is 4.52 Å². The van der Waals surface area contributed by atoms with Gasteiger partial charge in [-0.25, -0.2) is 4.98 Å². The van der Waals surface area contributed by atoms with Gasteiger partial charge in [-0.15, -0.1) is 0 Å². The van der Waals surface area contributed by atoms with E-state index < -0.39 is 0 Å². The number of benzene rings is 1. The van der Waals surface area contributed by atoms with Crippen molar-refractivity contribution in [2.45, 2.75) is 20.4 Å². The predicted octanol–water partition coefficient (Wildman–Crippen LogP) is 3.01. The second-order valence-corrected chi connectivity index (χ2v) is 4.99. The average Bonchev–Trinajstić information content (AvgIpc) is 2.89. The molecule has 20 heavy (non-hydrogen) atoms. The van der Waals surface area contributed by atoms with E-state index in [9.17, 15) is 0 Å². The van der Waals surface area contributed by atoms with Crippen LogP contribution in [0.5, 0.6) is 0 Å². The van der Waals surface area contributed by atoms with Crippen molar-refractivity contribution in [1.29, 1.82) is 0 Å². The summed E-state index contributed by atoms with van der Waals surface area (Å²) >= 11 is 6.17. The van der Waals surface area contributed by atoms with Gasteiger partial charge in [-0.3, -0.25) is 0 Å². The molecule has 6 heteroatoms. The smallest absolute Gasteiger partial charge is 0.254 e. The summed E-state index contributed by atoms with van der Waals surface area (Å²) in [5, 5.41) is 8.33. The molecule has 0 fully saturated rings. The summed E-state index contributed by atoms with van der Waals surface area (Å²) in [5.41, 5.74) is 3.03. The lowest BCUT2D eigenvalue weighted by Gasteiger charge is -2.13. The van der Waals surface area contributed by atoms with Gasteiger partial charge in [0.15, 0.2) is 0 Å². The molecule has 102 valence electrons. The van der Waals surface area contributed by atoms with Crippen LogP contribution in [0, 0.1) is 13.8 Å². The monoisotopic (exact) mass is 287 g/mol. The van der Waals surface area contributed by atoms with Gasteiger partial charge in [0, 0.05) is 22.8 Å². The highest BCUT2D eigenvalue weighted by molar-refractivity contribution is 6.31. The van der Waals surface area contributed by atoms with Crippen LogP contribution in [0.1, 0.15) is 16.8 Å². The van der Waals surface area contributed by atoms with E-state index in [-0.39, 0.29) is 0 Å². The molecule has 2 aromatic heterocycles. The van der Waals surface area contributed by atoms with E-state index in [0.29, 0.717) is 12.3 Å². The van der Waals surface area contributed by atoms with Crippen LogP contribution in [-0.2, 0) is 6.54 Å². The quantitative estimate of drug-likeness (QED) is 0.804. The zero-order chi connectivity index (χ0) is 14.1. The minimum atomic E-state index is 0.592. The Morgan fingerprint density at radius 1 is 1.25 bits per heavy atom. The van der Waals surface area contributed by atoms with Crippen molar-refractivity contribution in [2.75, 3.05) is 5.32 Å². The first-order valence-corrected chi connectivity index (χ1v) is 6.69. The molecular formula is C14H14ClN5. The van der Waals surface area contributed by atoms with Crippen LogP contribution in [0.15, 0.2) is 30.6 Å². The maximum absolute atomic E-state index is 6.17. The van der Waals surface area contributed by atoms with Crippen molar-refractivity contribution in [3.05, 3.63) is 52.4 Å². The van der Waals surface area contributed by atoms with Crippen molar-refractivity contribution in [3.63, 3.8) is 0 Å². The van der Waals surface area contributed by atoms with E-state index in [4.69, 9.17) is 11.6 Å². The second kappa shape index (κ2) is 5.09. The normalized spacial score (nSPS) is 10.9. The van der Waals surface area contributed by atoms with Crippen molar-refractivity contribution in [3.8, 4) is 0 Å². The van der Waals surface area contributed by atoms with Crippen LogP contribution in [-0.4, -0.2) is 19.6 Å². The number of rotatable bonds is 3. The van der Waals surface area contributed by atoms with Crippen LogP contribution in [0.3, 0.4) is 0 Å². The first-order valence-electron chi connectivity index (χ1n) is 6.31. The van der Waals surface area contributed by atoms with Gasteiger partial charge in [-0.05, 0) is 25.5 Å². The van der Waals surface area contributed by atoms with E-state index in [0.717, 1.165) is 27.7 Å². The number of fused-ring (bicyclic) bond motifs is 1. The van der Waals surface area contributed by atoms with Gasteiger partial charge in [0.1, 0.15) is 12.1 Å². The number of aromatic nitrogens is 4. The van der Waals surface area contributed by atoms with E-state index in [1.807, 2.05) is 38.1 Å². The van der Waals surface area contributed by atoms with Crippen LogP contribution < -0.4 is 5.32 Å². The highest BCUT2D eigenvalue weighted by atomic mass is 35.5. The van der Waals surface area contributed by atoms with Gasteiger partial charge in [0.05, 0.1) is 0 Å². The number of aryl methyl sites for hydroxylation is 1. The van der Waals surface area contributed by atoms with Gasteiger partial charge in [-0.1, -0.05) is 29.8 Å². The Bertz CT molecular complexity index is 765. The van der Waals surface area contributed by atoms with Gasteiger partial charge in [-0.2, -0.15) is 14.6 Å². The lowest BCUT2D eigenvalue weighted by Crippen LogP contribution is -2.10. The molecule has 5 nitrogen and oxygen atoms in total. The van der Waals surface area contributed by atoms with Gasteiger partial charge in [0.2, 0.25) is 0 Å². The van der Waals surface area contributed by atoms with E-state index in [2.05, 4.69) is 20.4 Å². The number of hydrogen-bond acceptors (Lipinski definition) is 4. The lowest BCUT2D eigenvalue weighted by atomic mass is 10.2.